The molecule has 2 heterocycles. The summed E-state index contributed by atoms with van der Waals surface area (Å²) in [6.45, 7) is 4.32. The zero-order chi connectivity index (χ0) is 16.3. The zero-order valence-electron chi connectivity index (χ0n) is 12.7. The maximum absolute atomic E-state index is 12.4. The Kier molecular flexibility index (Phi) is 5.12. The molecule has 0 saturated carbocycles. The van der Waals surface area contributed by atoms with Gasteiger partial charge in [0, 0.05) is 13.1 Å². The van der Waals surface area contributed by atoms with Crippen LogP contribution in [0.1, 0.15) is 20.3 Å². The molecule has 0 aromatic heterocycles. The normalized spacial score (nSPS) is 25.1. The van der Waals surface area contributed by atoms with Crippen molar-refractivity contribution in [1.82, 2.24) is 10.2 Å². The summed E-state index contributed by atoms with van der Waals surface area (Å²) < 4.78 is 9.72. The zero-order valence-corrected chi connectivity index (χ0v) is 12.7. The molecular weight excluding hydrogens is 292 g/mol. The van der Waals surface area contributed by atoms with Crippen LogP contribution in [0, 0.1) is 11.8 Å². The van der Waals surface area contributed by atoms with Crippen molar-refractivity contribution in [3.05, 3.63) is 0 Å². The Labute approximate surface area is 128 Å². The van der Waals surface area contributed by atoms with Gasteiger partial charge < -0.3 is 14.8 Å². The molecule has 2 fully saturated rings. The standard InChI is InChI=1S/C14H20N2O6/c1-3-21-11(17)5-10(14(20)22-4-2)16-12(18)8-6-15-7-9(8)13(16)19/h8-10,15H,3-7H2,1-2H3/t8?,9?,10-/m0/s1. The number of hydrogen-bond acceptors (Lipinski definition) is 7. The third-order valence-corrected chi connectivity index (χ3v) is 3.86. The number of hydrogen-bond donors (Lipinski definition) is 1. The molecule has 122 valence electrons. The van der Waals surface area contributed by atoms with Crippen LogP contribution in [-0.4, -0.2) is 61.0 Å². The fourth-order valence-corrected chi connectivity index (χ4v) is 2.87. The van der Waals surface area contributed by atoms with E-state index in [1.165, 1.54) is 0 Å². The first-order valence-electron chi connectivity index (χ1n) is 7.41. The number of rotatable bonds is 6. The lowest BCUT2D eigenvalue weighted by atomic mass is 10.00. The van der Waals surface area contributed by atoms with Crippen LogP contribution in [0.5, 0.6) is 0 Å². The maximum atomic E-state index is 12.4. The summed E-state index contributed by atoms with van der Waals surface area (Å²) in [5.41, 5.74) is 0. The molecule has 2 amide bonds. The third-order valence-electron chi connectivity index (χ3n) is 3.86. The SMILES string of the molecule is CCOC(=O)C[C@@H](C(=O)OCC)N1C(=O)C2CNCC2C1=O. The first-order chi connectivity index (χ1) is 10.5. The predicted octanol–water partition coefficient (Wildman–Crippen LogP) is -0.924. The Bertz CT molecular complexity index is 470. The molecule has 1 N–H and O–H groups in total. The molecule has 2 saturated heterocycles. The van der Waals surface area contributed by atoms with Crippen LogP contribution >= 0.6 is 0 Å². The van der Waals surface area contributed by atoms with Gasteiger partial charge in [0.05, 0.1) is 31.5 Å². The van der Waals surface area contributed by atoms with Crippen LogP contribution in [0.25, 0.3) is 0 Å². The summed E-state index contributed by atoms with van der Waals surface area (Å²) in [5.74, 6) is -3.19. The van der Waals surface area contributed by atoms with E-state index in [4.69, 9.17) is 9.47 Å². The number of nitrogens with one attached hydrogen (secondary N) is 1. The van der Waals surface area contributed by atoms with Crippen molar-refractivity contribution in [1.29, 1.82) is 0 Å². The minimum atomic E-state index is -1.25. The van der Waals surface area contributed by atoms with Gasteiger partial charge in [-0.1, -0.05) is 0 Å². The molecule has 2 aliphatic heterocycles. The smallest absolute Gasteiger partial charge is 0.329 e. The van der Waals surface area contributed by atoms with Gasteiger partial charge in [0.1, 0.15) is 6.04 Å². The molecule has 0 aromatic rings. The minimum Gasteiger partial charge on any atom is -0.466 e. The number of likely N-dealkylation sites (tertiary alicyclic amines) is 1. The second kappa shape index (κ2) is 6.87. The van der Waals surface area contributed by atoms with Crippen LogP contribution in [0.3, 0.4) is 0 Å². The first-order valence-corrected chi connectivity index (χ1v) is 7.41. The Morgan fingerprint density at radius 3 is 2.18 bits per heavy atom. The average molecular weight is 312 g/mol. The molecule has 2 aliphatic rings. The molecule has 2 rings (SSSR count). The highest BCUT2D eigenvalue weighted by atomic mass is 16.5. The Balaban J connectivity index is 2.20. The summed E-state index contributed by atoms with van der Waals surface area (Å²) in [7, 11) is 0. The van der Waals surface area contributed by atoms with Crippen molar-refractivity contribution in [2.75, 3.05) is 26.3 Å². The van der Waals surface area contributed by atoms with Gasteiger partial charge in [0.2, 0.25) is 11.8 Å². The predicted molar refractivity (Wildman–Crippen MR) is 73.4 cm³/mol. The lowest BCUT2D eigenvalue weighted by Crippen LogP contribution is -2.48. The maximum Gasteiger partial charge on any atom is 0.329 e. The van der Waals surface area contributed by atoms with Crippen LogP contribution in [0.4, 0.5) is 0 Å². The Hall–Kier alpha value is -1.96. The number of carbonyl (C=O) groups excluding carboxylic acids is 4. The summed E-state index contributed by atoms with van der Waals surface area (Å²) in [4.78, 5) is 49.5. The van der Waals surface area contributed by atoms with Gasteiger partial charge in [0.15, 0.2) is 0 Å². The largest absolute Gasteiger partial charge is 0.466 e. The second-order valence-electron chi connectivity index (χ2n) is 5.19. The van der Waals surface area contributed by atoms with E-state index in [1.54, 1.807) is 13.8 Å². The van der Waals surface area contributed by atoms with Crippen LogP contribution < -0.4 is 5.32 Å². The van der Waals surface area contributed by atoms with Crippen molar-refractivity contribution >= 4 is 23.8 Å². The molecule has 0 radical (unpaired) electrons. The molecule has 0 aliphatic carbocycles. The van der Waals surface area contributed by atoms with Crippen molar-refractivity contribution in [2.24, 2.45) is 11.8 Å². The van der Waals surface area contributed by atoms with Gasteiger partial charge in [-0.05, 0) is 13.8 Å². The van der Waals surface area contributed by atoms with Crippen LogP contribution in [0.15, 0.2) is 0 Å². The van der Waals surface area contributed by atoms with Crippen molar-refractivity contribution in [3.8, 4) is 0 Å². The van der Waals surface area contributed by atoms with Crippen LogP contribution in [0.2, 0.25) is 0 Å². The number of nitrogens with zero attached hydrogens (tertiary/aromatic N) is 1. The molecule has 3 atom stereocenters. The van der Waals surface area contributed by atoms with Crippen molar-refractivity contribution < 1.29 is 28.7 Å². The molecule has 0 bridgehead atoms. The van der Waals surface area contributed by atoms with E-state index in [0.717, 1.165) is 4.90 Å². The number of esters is 2. The van der Waals surface area contributed by atoms with E-state index in [2.05, 4.69) is 5.32 Å². The molecule has 2 unspecified atom stereocenters. The van der Waals surface area contributed by atoms with Gasteiger partial charge >= 0.3 is 11.9 Å². The first kappa shape index (κ1) is 16.4. The Morgan fingerprint density at radius 2 is 1.68 bits per heavy atom. The van der Waals surface area contributed by atoms with E-state index in [-0.39, 0.29) is 19.6 Å². The quantitative estimate of drug-likeness (QED) is 0.499. The number of fused-ring (bicyclic) bond motifs is 1. The molecule has 22 heavy (non-hydrogen) atoms. The van der Waals surface area contributed by atoms with Gasteiger partial charge in [-0.15, -0.1) is 0 Å². The second-order valence-corrected chi connectivity index (χ2v) is 5.19. The highest BCUT2D eigenvalue weighted by Crippen LogP contribution is 2.31. The molecular formula is C14H20N2O6. The number of imide groups is 1. The van der Waals surface area contributed by atoms with E-state index >= 15 is 0 Å². The summed E-state index contributed by atoms with van der Waals surface area (Å²) in [6, 6.07) is -1.25. The molecule has 8 heteroatoms. The van der Waals surface area contributed by atoms with Crippen molar-refractivity contribution in [3.63, 3.8) is 0 Å². The minimum absolute atomic E-state index is 0.1000. The third kappa shape index (κ3) is 2.96. The van der Waals surface area contributed by atoms with E-state index in [1.807, 2.05) is 0 Å². The average Bonchev–Trinajstić information content (AvgIpc) is 3.03. The number of carbonyl (C=O) groups is 4. The summed E-state index contributed by atoms with van der Waals surface area (Å²) >= 11 is 0. The van der Waals surface area contributed by atoms with Gasteiger partial charge in [-0.2, -0.15) is 0 Å². The van der Waals surface area contributed by atoms with Crippen LogP contribution in [-0.2, 0) is 28.7 Å². The monoisotopic (exact) mass is 312 g/mol. The lowest BCUT2D eigenvalue weighted by Gasteiger charge is -2.24. The lowest BCUT2D eigenvalue weighted by molar-refractivity contribution is -0.162. The summed E-state index contributed by atoms with van der Waals surface area (Å²) in [5, 5.41) is 2.98. The highest BCUT2D eigenvalue weighted by Gasteiger charge is 2.54. The molecule has 0 spiro atoms. The summed E-state index contributed by atoms with van der Waals surface area (Å²) in [6.07, 6.45) is -0.378. The van der Waals surface area contributed by atoms with Gasteiger partial charge in [-0.3, -0.25) is 19.3 Å². The van der Waals surface area contributed by atoms with E-state index in [9.17, 15) is 19.2 Å². The highest BCUT2D eigenvalue weighted by molar-refractivity contribution is 6.08. The Morgan fingerprint density at radius 1 is 1.14 bits per heavy atom. The number of ether oxygens (including phenoxy) is 2. The van der Waals surface area contributed by atoms with Gasteiger partial charge in [-0.25, -0.2) is 4.79 Å². The molecule has 0 aromatic carbocycles. The fraction of sp³-hybridized carbons (Fsp3) is 0.714. The molecule has 8 nitrogen and oxygen atoms in total. The van der Waals surface area contributed by atoms with E-state index < -0.39 is 41.6 Å². The van der Waals surface area contributed by atoms with E-state index in [0.29, 0.717) is 13.1 Å². The van der Waals surface area contributed by atoms with Gasteiger partial charge in [0.25, 0.3) is 0 Å². The number of amides is 2. The topological polar surface area (TPSA) is 102 Å². The fourth-order valence-electron chi connectivity index (χ4n) is 2.87. The van der Waals surface area contributed by atoms with Crippen molar-refractivity contribution in [2.45, 2.75) is 26.3 Å².